The SMILES string of the molecule is CCN(c1ccccc1)S(=O)(=O)c1ccc(C(=O)NC(C)(C)CC)cc1. The number of benzene rings is 2. The van der Waals surface area contributed by atoms with Gasteiger partial charge in [0, 0.05) is 17.6 Å². The van der Waals surface area contributed by atoms with E-state index in [0.29, 0.717) is 17.8 Å². The highest BCUT2D eigenvalue weighted by molar-refractivity contribution is 7.92. The summed E-state index contributed by atoms with van der Waals surface area (Å²) in [7, 11) is -3.68. The van der Waals surface area contributed by atoms with Crippen LogP contribution in [0, 0.1) is 0 Å². The minimum absolute atomic E-state index is 0.162. The Labute approximate surface area is 156 Å². The molecular formula is C20H26N2O3S. The molecule has 0 bridgehead atoms. The third kappa shape index (κ3) is 4.43. The lowest BCUT2D eigenvalue weighted by Gasteiger charge is -2.25. The number of hydrogen-bond donors (Lipinski definition) is 1. The third-order valence-corrected chi connectivity index (χ3v) is 6.29. The van der Waals surface area contributed by atoms with Gasteiger partial charge in [-0.05, 0) is 63.6 Å². The maximum Gasteiger partial charge on any atom is 0.264 e. The molecule has 0 unspecified atom stereocenters. The number of carbonyl (C=O) groups excluding carboxylic acids is 1. The van der Waals surface area contributed by atoms with Gasteiger partial charge in [-0.2, -0.15) is 0 Å². The van der Waals surface area contributed by atoms with Gasteiger partial charge in [0.25, 0.3) is 15.9 Å². The fraction of sp³-hybridized carbons (Fsp3) is 0.350. The quantitative estimate of drug-likeness (QED) is 0.801. The van der Waals surface area contributed by atoms with Crippen molar-refractivity contribution in [2.45, 2.75) is 44.6 Å². The lowest BCUT2D eigenvalue weighted by atomic mass is 10.0. The molecule has 0 aromatic heterocycles. The zero-order valence-corrected chi connectivity index (χ0v) is 16.5. The molecule has 0 saturated carbocycles. The predicted molar refractivity (Wildman–Crippen MR) is 105 cm³/mol. The minimum Gasteiger partial charge on any atom is -0.347 e. The van der Waals surface area contributed by atoms with Gasteiger partial charge in [-0.1, -0.05) is 25.1 Å². The summed E-state index contributed by atoms with van der Waals surface area (Å²) in [5.74, 6) is -0.212. The third-order valence-electron chi connectivity index (χ3n) is 4.37. The van der Waals surface area contributed by atoms with Gasteiger partial charge in [-0.15, -0.1) is 0 Å². The standard InChI is InChI=1S/C20H26N2O3S/c1-5-20(3,4)21-19(23)16-12-14-18(15-13-16)26(24,25)22(6-2)17-10-8-7-9-11-17/h7-15H,5-6H2,1-4H3,(H,21,23). The lowest BCUT2D eigenvalue weighted by Crippen LogP contribution is -2.42. The van der Waals surface area contributed by atoms with E-state index in [1.165, 1.54) is 16.4 Å². The zero-order chi connectivity index (χ0) is 19.4. The maximum atomic E-state index is 12.9. The van der Waals surface area contributed by atoms with E-state index in [4.69, 9.17) is 0 Å². The van der Waals surface area contributed by atoms with Crippen molar-refractivity contribution in [3.8, 4) is 0 Å². The monoisotopic (exact) mass is 374 g/mol. The first kappa shape index (κ1) is 20.0. The number of nitrogens with one attached hydrogen (secondary N) is 1. The molecule has 0 spiro atoms. The van der Waals surface area contributed by atoms with Crippen LogP contribution in [0.25, 0.3) is 0 Å². The number of carbonyl (C=O) groups is 1. The van der Waals surface area contributed by atoms with Crippen LogP contribution in [0.2, 0.25) is 0 Å². The average molecular weight is 375 g/mol. The van der Waals surface area contributed by atoms with Crippen molar-refractivity contribution in [2.75, 3.05) is 10.8 Å². The van der Waals surface area contributed by atoms with Crippen LogP contribution >= 0.6 is 0 Å². The first-order chi connectivity index (χ1) is 12.2. The Morgan fingerprint density at radius 2 is 1.58 bits per heavy atom. The number of sulfonamides is 1. The largest absolute Gasteiger partial charge is 0.347 e. The molecule has 2 aromatic rings. The normalized spacial score (nSPS) is 11.8. The first-order valence-electron chi connectivity index (χ1n) is 8.71. The van der Waals surface area contributed by atoms with Crippen LogP contribution in [0.5, 0.6) is 0 Å². The van der Waals surface area contributed by atoms with Gasteiger partial charge in [-0.3, -0.25) is 9.10 Å². The highest BCUT2D eigenvalue weighted by Gasteiger charge is 2.24. The lowest BCUT2D eigenvalue weighted by molar-refractivity contribution is 0.0911. The van der Waals surface area contributed by atoms with Gasteiger partial charge in [0.2, 0.25) is 0 Å². The van der Waals surface area contributed by atoms with Crippen molar-refractivity contribution in [1.82, 2.24) is 5.32 Å². The van der Waals surface area contributed by atoms with E-state index in [9.17, 15) is 13.2 Å². The van der Waals surface area contributed by atoms with Crippen LogP contribution in [0.3, 0.4) is 0 Å². The van der Waals surface area contributed by atoms with Crippen molar-refractivity contribution < 1.29 is 13.2 Å². The molecule has 0 aliphatic heterocycles. The summed E-state index contributed by atoms with van der Waals surface area (Å²) < 4.78 is 27.2. The topological polar surface area (TPSA) is 66.5 Å². The Morgan fingerprint density at radius 1 is 1.00 bits per heavy atom. The molecule has 2 rings (SSSR count). The summed E-state index contributed by atoms with van der Waals surface area (Å²) in [6.07, 6.45) is 0.799. The van der Waals surface area contributed by atoms with E-state index in [0.717, 1.165) is 6.42 Å². The van der Waals surface area contributed by atoms with Crippen molar-refractivity contribution in [1.29, 1.82) is 0 Å². The molecule has 6 heteroatoms. The van der Waals surface area contributed by atoms with E-state index in [1.807, 2.05) is 26.8 Å². The smallest absolute Gasteiger partial charge is 0.264 e. The van der Waals surface area contributed by atoms with Crippen molar-refractivity contribution >= 4 is 21.6 Å². The predicted octanol–water partition coefficient (Wildman–Crippen LogP) is 3.82. The molecule has 26 heavy (non-hydrogen) atoms. The van der Waals surface area contributed by atoms with Crippen molar-refractivity contribution in [3.63, 3.8) is 0 Å². The molecular weight excluding hydrogens is 348 g/mol. The molecule has 0 atom stereocenters. The van der Waals surface area contributed by atoms with E-state index in [1.54, 1.807) is 43.3 Å². The Hall–Kier alpha value is -2.34. The second kappa shape index (κ2) is 7.91. The number of hydrogen-bond acceptors (Lipinski definition) is 3. The molecule has 0 aliphatic rings. The van der Waals surface area contributed by atoms with Gasteiger partial charge in [0.05, 0.1) is 10.6 Å². The van der Waals surface area contributed by atoms with Crippen molar-refractivity contribution in [3.05, 3.63) is 60.2 Å². The van der Waals surface area contributed by atoms with E-state index in [2.05, 4.69) is 5.32 Å². The summed E-state index contributed by atoms with van der Waals surface area (Å²) in [4.78, 5) is 12.5. The van der Waals surface area contributed by atoms with Gasteiger partial charge in [0.15, 0.2) is 0 Å². The summed E-state index contributed by atoms with van der Waals surface area (Å²) >= 11 is 0. The molecule has 0 radical (unpaired) electrons. The molecule has 140 valence electrons. The summed E-state index contributed by atoms with van der Waals surface area (Å²) in [6.45, 7) is 8.00. The molecule has 1 amide bonds. The van der Waals surface area contributed by atoms with Crippen LogP contribution < -0.4 is 9.62 Å². The molecule has 2 aromatic carbocycles. The van der Waals surface area contributed by atoms with Gasteiger partial charge < -0.3 is 5.32 Å². The molecule has 5 nitrogen and oxygen atoms in total. The number of anilines is 1. The zero-order valence-electron chi connectivity index (χ0n) is 15.7. The van der Waals surface area contributed by atoms with E-state index < -0.39 is 10.0 Å². The first-order valence-corrected chi connectivity index (χ1v) is 10.2. The number of para-hydroxylation sites is 1. The van der Waals surface area contributed by atoms with Gasteiger partial charge in [-0.25, -0.2) is 8.42 Å². The van der Waals surface area contributed by atoms with Crippen LogP contribution in [0.4, 0.5) is 5.69 Å². The fourth-order valence-corrected chi connectivity index (χ4v) is 3.93. The van der Waals surface area contributed by atoms with Crippen LogP contribution in [-0.2, 0) is 10.0 Å². The Morgan fingerprint density at radius 3 is 2.08 bits per heavy atom. The number of nitrogens with zero attached hydrogens (tertiary/aromatic N) is 1. The Bertz CT molecular complexity index is 844. The van der Waals surface area contributed by atoms with Crippen LogP contribution in [0.15, 0.2) is 59.5 Å². The fourth-order valence-electron chi connectivity index (χ4n) is 2.46. The summed E-state index contributed by atoms with van der Waals surface area (Å²) in [5.41, 5.74) is 0.739. The van der Waals surface area contributed by atoms with Crippen LogP contribution in [-0.4, -0.2) is 26.4 Å². The number of amides is 1. The summed E-state index contributed by atoms with van der Waals surface area (Å²) in [6, 6.07) is 15.0. The maximum absolute atomic E-state index is 12.9. The summed E-state index contributed by atoms with van der Waals surface area (Å²) in [5, 5.41) is 2.94. The van der Waals surface area contributed by atoms with Gasteiger partial charge >= 0.3 is 0 Å². The van der Waals surface area contributed by atoms with Crippen LogP contribution in [0.1, 0.15) is 44.5 Å². The molecule has 0 fully saturated rings. The van der Waals surface area contributed by atoms with E-state index >= 15 is 0 Å². The Kier molecular flexibility index (Phi) is 6.08. The second-order valence-electron chi connectivity index (χ2n) is 6.72. The average Bonchev–Trinajstić information content (AvgIpc) is 2.63. The van der Waals surface area contributed by atoms with Crippen molar-refractivity contribution in [2.24, 2.45) is 0 Å². The van der Waals surface area contributed by atoms with E-state index in [-0.39, 0.29) is 16.3 Å². The minimum atomic E-state index is -3.68. The molecule has 1 N–H and O–H groups in total. The highest BCUT2D eigenvalue weighted by Crippen LogP contribution is 2.23. The number of rotatable bonds is 7. The molecule has 0 heterocycles. The molecule has 0 aliphatic carbocycles. The highest BCUT2D eigenvalue weighted by atomic mass is 32.2. The Balaban J connectivity index is 2.27. The molecule has 0 saturated heterocycles. The van der Waals surface area contributed by atoms with Gasteiger partial charge in [0.1, 0.15) is 0 Å². The second-order valence-corrected chi connectivity index (χ2v) is 8.58.